The third-order valence-electron chi connectivity index (χ3n) is 5.52. The van der Waals surface area contributed by atoms with E-state index in [1.165, 1.54) is 5.57 Å². The molecule has 0 amide bonds. The number of aliphatic hydroxyl groups is 1. The molecule has 1 N–H and O–H groups in total. The molecule has 136 valence electrons. The molecular formula is C21H28O4. The molecule has 0 spiro atoms. The first-order valence-electron chi connectivity index (χ1n) is 9.08. The molecule has 0 aromatic heterocycles. The summed E-state index contributed by atoms with van der Waals surface area (Å²) in [5.74, 6) is -0.121. The van der Waals surface area contributed by atoms with Crippen LogP contribution in [-0.2, 0) is 14.3 Å². The van der Waals surface area contributed by atoms with Crippen molar-refractivity contribution in [2.24, 2.45) is 5.92 Å². The Balaban J connectivity index is 1.92. The fraction of sp³-hybridized carbons (Fsp3) is 0.571. The fourth-order valence-corrected chi connectivity index (χ4v) is 4.18. The molecule has 1 saturated heterocycles. The summed E-state index contributed by atoms with van der Waals surface area (Å²) in [6.45, 7) is 10.2. The van der Waals surface area contributed by atoms with Crippen molar-refractivity contribution >= 4 is 5.97 Å². The molecule has 0 radical (unpaired) electrons. The van der Waals surface area contributed by atoms with Crippen molar-refractivity contribution in [2.45, 2.75) is 70.9 Å². The van der Waals surface area contributed by atoms with E-state index in [0.29, 0.717) is 6.42 Å². The molecule has 3 rings (SSSR count). The minimum atomic E-state index is -0.921. The van der Waals surface area contributed by atoms with Gasteiger partial charge >= 0.3 is 5.97 Å². The maximum atomic E-state index is 12.0. The van der Waals surface area contributed by atoms with Gasteiger partial charge in [-0.25, -0.2) is 4.79 Å². The Hall–Kier alpha value is -1.65. The van der Waals surface area contributed by atoms with Gasteiger partial charge in [0.2, 0.25) is 0 Å². The van der Waals surface area contributed by atoms with E-state index >= 15 is 0 Å². The van der Waals surface area contributed by atoms with Crippen LogP contribution in [0.15, 0.2) is 47.1 Å². The number of aliphatic hydroxyl groups excluding tert-OH is 1. The van der Waals surface area contributed by atoms with E-state index < -0.39 is 11.9 Å². The zero-order valence-electron chi connectivity index (χ0n) is 15.4. The van der Waals surface area contributed by atoms with Crippen LogP contribution in [0.4, 0.5) is 0 Å². The summed E-state index contributed by atoms with van der Waals surface area (Å²) in [5, 5.41) is 10.2. The summed E-state index contributed by atoms with van der Waals surface area (Å²) in [5.41, 5.74) is 3.33. The van der Waals surface area contributed by atoms with Crippen molar-refractivity contribution in [3.05, 3.63) is 47.1 Å². The smallest absolute Gasteiger partial charge is 0.334 e. The lowest BCUT2D eigenvalue weighted by molar-refractivity contribution is -0.139. The molecule has 0 saturated carbocycles. The molecule has 2 bridgehead atoms. The van der Waals surface area contributed by atoms with E-state index in [-0.39, 0.29) is 18.0 Å². The van der Waals surface area contributed by atoms with E-state index in [0.717, 1.165) is 42.4 Å². The topological polar surface area (TPSA) is 55.8 Å². The average Bonchev–Trinajstić information content (AvgIpc) is 2.94. The van der Waals surface area contributed by atoms with Gasteiger partial charge in [0, 0.05) is 17.9 Å². The van der Waals surface area contributed by atoms with E-state index in [2.05, 4.69) is 25.7 Å². The second kappa shape index (κ2) is 6.93. The molecule has 4 heteroatoms. The SMILES string of the molecule is C=C1C(O)O[C@@]2(C)/C=C(\C)CC3C=C(CC/C=C(\C)CC[C@H]12)C(=O)O3. The number of rotatable bonds is 0. The van der Waals surface area contributed by atoms with Gasteiger partial charge in [0.1, 0.15) is 6.10 Å². The highest BCUT2D eigenvalue weighted by Crippen LogP contribution is 2.43. The predicted molar refractivity (Wildman–Crippen MR) is 96.7 cm³/mol. The summed E-state index contributed by atoms with van der Waals surface area (Å²) in [6.07, 6.45) is 9.13. The van der Waals surface area contributed by atoms with E-state index in [9.17, 15) is 9.90 Å². The van der Waals surface area contributed by atoms with E-state index in [1.807, 2.05) is 19.9 Å². The zero-order chi connectivity index (χ0) is 18.2. The van der Waals surface area contributed by atoms with Gasteiger partial charge in [0.25, 0.3) is 0 Å². The lowest BCUT2D eigenvalue weighted by atomic mass is 9.80. The minimum Gasteiger partial charge on any atom is -0.454 e. The van der Waals surface area contributed by atoms with Crippen LogP contribution in [0.25, 0.3) is 0 Å². The summed E-state index contributed by atoms with van der Waals surface area (Å²) in [6, 6.07) is 0. The molecular weight excluding hydrogens is 316 g/mol. The molecule has 1 aliphatic carbocycles. The maximum absolute atomic E-state index is 12.0. The molecule has 0 aromatic rings. The van der Waals surface area contributed by atoms with Crippen molar-refractivity contribution < 1.29 is 19.4 Å². The number of hydrogen-bond acceptors (Lipinski definition) is 4. The Morgan fingerprint density at radius 3 is 2.80 bits per heavy atom. The molecule has 25 heavy (non-hydrogen) atoms. The van der Waals surface area contributed by atoms with Crippen molar-refractivity contribution in [3.63, 3.8) is 0 Å². The van der Waals surface area contributed by atoms with Crippen LogP contribution in [-0.4, -0.2) is 29.1 Å². The standard InChI is InChI=1S/C21H28O4/c1-13-6-5-7-16-11-17(24-20(16)23)10-14(2)12-21(4)18(9-8-13)15(3)19(22)25-21/h6,11-12,17-19,22H,3,5,7-10H2,1-2,4H3/b13-6+,14-12+/t17?,18-,19?,21+/m1/s1. The summed E-state index contributed by atoms with van der Waals surface area (Å²) >= 11 is 0. The lowest BCUT2D eigenvalue weighted by Crippen LogP contribution is -2.30. The Morgan fingerprint density at radius 2 is 2.04 bits per heavy atom. The van der Waals surface area contributed by atoms with Crippen LogP contribution in [0.5, 0.6) is 0 Å². The second-order valence-corrected chi connectivity index (χ2v) is 7.74. The monoisotopic (exact) mass is 344 g/mol. The zero-order valence-corrected chi connectivity index (χ0v) is 15.4. The number of fused-ring (bicyclic) bond motifs is 2. The quantitative estimate of drug-likeness (QED) is 0.533. The van der Waals surface area contributed by atoms with Crippen LogP contribution in [0, 0.1) is 5.92 Å². The Bertz CT molecular complexity index is 669. The molecule has 4 atom stereocenters. The molecule has 2 heterocycles. The minimum absolute atomic E-state index is 0.0703. The first kappa shape index (κ1) is 18.2. The van der Waals surface area contributed by atoms with Crippen LogP contribution in [0.3, 0.4) is 0 Å². The van der Waals surface area contributed by atoms with Crippen LogP contribution in [0.1, 0.15) is 52.9 Å². The van der Waals surface area contributed by atoms with Gasteiger partial charge in [-0.15, -0.1) is 0 Å². The third kappa shape index (κ3) is 3.80. The Kier molecular flexibility index (Phi) is 5.03. The second-order valence-electron chi connectivity index (χ2n) is 7.74. The number of hydrogen-bond donors (Lipinski definition) is 1. The largest absolute Gasteiger partial charge is 0.454 e. The van der Waals surface area contributed by atoms with Gasteiger partial charge in [-0.05, 0) is 58.1 Å². The van der Waals surface area contributed by atoms with Crippen LogP contribution in [0.2, 0.25) is 0 Å². The summed E-state index contributed by atoms with van der Waals surface area (Å²) < 4.78 is 11.4. The summed E-state index contributed by atoms with van der Waals surface area (Å²) in [4.78, 5) is 12.0. The number of ether oxygens (including phenoxy) is 2. The van der Waals surface area contributed by atoms with Gasteiger partial charge in [-0.2, -0.15) is 0 Å². The molecule has 1 fully saturated rings. The third-order valence-corrected chi connectivity index (χ3v) is 5.52. The van der Waals surface area contributed by atoms with Gasteiger partial charge < -0.3 is 14.6 Å². The predicted octanol–water partition coefficient (Wildman–Crippen LogP) is 3.97. The lowest BCUT2D eigenvalue weighted by Gasteiger charge is -2.28. The number of esters is 1. The van der Waals surface area contributed by atoms with E-state index in [4.69, 9.17) is 9.47 Å². The molecule has 2 unspecified atom stereocenters. The number of carbonyl (C=O) groups is 1. The van der Waals surface area contributed by atoms with Crippen molar-refractivity contribution in [2.75, 3.05) is 0 Å². The van der Waals surface area contributed by atoms with Gasteiger partial charge in [0.15, 0.2) is 6.29 Å². The normalized spacial score (nSPS) is 41.0. The average molecular weight is 344 g/mol. The highest BCUT2D eigenvalue weighted by Gasteiger charge is 2.45. The molecule has 3 aliphatic rings. The van der Waals surface area contributed by atoms with Gasteiger partial charge in [-0.3, -0.25) is 0 Å². The molecule has 2 aliphatic heterocycles. The maximum Gasteiger partial charge on any atom is 0.334 e. The first-order valence-corrected chi connectivity index (χ1v) is 9.08. The number of carbonyl (C=O) groups excluding carboxylic acids is 1. The highest BCUT2D eigenvalue weighted by molar-refractivity contribution is 5.90. The fourth-order valence-electron chi connectivity index (χ4n) is 4.18. The molecule has 4 nitrogen and oxygen atoms in total. The Labute approximate surface area is 149 Å². The first-order chi connectivity index (χ1) is 11.8. The van der Waals surface area contributed by atoms with Crippen LogP contribution >= 0.6 is 0 Å². The van der Waals surface area contributed by atoms with Crippen molar-refractivity contribution in [1.82, 2.24) is 0 Å². The van der Waals surface area contributed by atoms with Crippen molar-refractivity contribution in [3.8, 4) is 0 Å². The van der Waals surface area contributed by atoms with E-state index in [1.54, 1.807) is 0 Å². The molecule has 0 aromatic carbocycles. The Morgan fingerprint density at radius 1 is 1.28 bits per heavy atom. The van der Waals surface area contributed by atoms with Gasteiger partial charge in [0.05, 0.1) is 5.60 Å². The van der Waals surface area contributed by atoms with Gasteiger partial charge in [-0.1, -0.05) is 29.9 Å². The van der Waals surface area contributed by atoms with Crippen molar-refractivity contribution in [1.29, 1.82) is 0 Å². The highest BCUT2D eigenvalue weighted by atomic mass is 16.6. The van der Waals surface area contributed by atoms with Crippen LogP contribution < -0.4 is 0 Å². The number of allylic oxidation sites excluding steroid dienone is 2. The summed E-state index contributed by atoms with van der Waals surface area (Å²) in [7, 11) is 0.